The number of amides is 1. The maximum absolute atomic E-state index is 12.6. The molecule has 3 aromatic rings. The molecule has 0 bridgehead atoms. The van der Waals surface area contributed by atoms with Gasteiger partial charge in [0.1, 0.15) is 0 Å². The van der Waals surface area contributed by atoms with Crippen LogP contribution in [-0.2, 0) is 32.2 Å². The number of ether oxygens (including phenoxy) is 2. The SMILES string of the molecule is O=C(O)CCCCCC(=O)Nc1cccc(C2OC(CN3CCN(Cc4ccccc4)CC3)CC(c3ccc(CO)cc3)O2)c1. The molecule has 9 nitrogen and oxygen atoms in total. The number of benzene rings is 3. The van der Waals surface area contributed by atoms with E-state index in [4.69, 9.17) is 14.6 Å². The third-order valence-electron chi connectivity index (χ3n) is 8.53. The fraction of sp³-hybridized carbons (Fsp3) is 0.444. The predicted octanol–water partition coefficient (Wildman–Crippen LogP) is 5.52. The van der Waals surface area contributed by atoms with Gasteiger partial charge in [-0.2, -0.15) is 0 Å². The number of carbonyl (C=O) groups is 2. The van der Waals surface area contributed by atoms with Gasteiger partial charge in [0.2, 0.25) is 5.91 Å². The lowest BCUT2D eigenvalue weighted by Crippen LogP contribution is -2.49. The lowest BCUT2D eigenvalue weighted by molar-refractivity contribution is -0.253. The Morgan fingerprint density at radius 1 is 0.778 bits per heavy atom. The second kappa shape index (κ2) is 16.6. The number of nitrogens with one attached hydrogen (secondary N) is 1. The van der Waals surface area contributed by atoms with Crippen LogP contribution in [0.1, 0.15) is 73.2 Å². The number of nitrogens with zero attached hydrogens (tertiary/aromatic N) is 2. The van der Waals surface area contributed by atoms with Crippen molar-refractivity contribution in [3.63, 3.8) is 0 Å². The summed E-state index contributed by atoms with van der Waals surface area (Å²) in [5, 5.41) is 21.3. The fourth-order valence-electron chi connectivity index (χ4n) is 6.02. The highest BCUT2D eigenvalue weighted by molar-refractivity contribution is 5.90. The molecule has 1 amide bonds. The summed E-state index contributed by atoms with van der Waals surface area (Å²) in [6.07, 6.45) is 2.29. The Balaban J connectivity index is 1.21. The van der Waals surface area contributed by atoms with Crippen molar-refractivity contribution < 1.29 is 29.3 Å². The highest BCUT2D eigenvalue weighted by Gasteiger charge is 2.34. The maximum Gasteiger partial charge on any atom is 0.303 e. The molecule has 2 saturated heterocycles. The number of aliphatic hydroxyl groups excluding tert-OH is 1. The summed E-state index contributed by atoms with van der Waals surface area (Å²) in [7, 11) is 0. The Hall–Kier alpha value is -3.60. The number of unbranched alkanes of at least 4 members (excludes halogenated alkanes) is 2. The standard InChI is InChI=1S/C36H45N3O6/c40-26-28-14-16-29(17-15-28)33-23-32(25-39-20-18-38(19-21-39)24-27-8-3-1-4-9-27)44-36(45-33)30-10-7-11-31(22-30)37-34(41)12-5-2-6-13-35(42)43/h1,3-4,7-11,14-17,22,32-33,36,40H,2,5-6,12-13,18-21,23-26H2,(H,37,41)(H,42,43). The number of piperazine rings is 1. The van der Waals surface area contributed by atoms with Gasteiger partial charge in [-0.05, 0) is 41.7 Å². The summed E-state index contributed by atoms with van der Waals surface area (Å²) in [6, 6.07) is 26.1. The van der Waals surface area contributed by atoms with Crippen LogP contribution in [0.25, 0.3) is 0 Å². The van der Waals surface area contributed by atoms with E-state index < -0.39 is 12.3 Å². The largest absolute Gasteiger partial charge is 0.481 e. The average molecular weight is 616 g/mol. The van der Waals surface area contributed by atoms with Crippen LogP contribution in [0.5, 0.6) is 0 Å². The number of carboxylic acids is 1. The van der Waals surface area contributed by atoms with Crippen LogP contribution in [0.3, 0.4) is 0 Å². The van der Waals surface area contributed by atoms with E-state index >= 15 is 0 Å². The fourth-order valence-corrected chi connectivity index (χ4v) is 6.02. The summed E-state index contributed by atoms with van der Waals surface area (Å²) >= 11 is 0. The molecule has 45 heavy (non-hydrogen) atoms. The van der Waals surface area contributed by atoms with Crippen LogP contribution in [0.4, 0.5) is 5.69 Å². The quantitative estimate of drug-likeness (QED) is 0.204. The van der Waals surface area contributed by atoms with Gasteiger partial charge in [-0.15, -0.1) is 0 Å². The third-order valence-corrected chi connectivity index (χ3v) is 8.53. The minimum Gasteiger partial charge on any atom is -0.481 e. The van der Waals surface area contributed by atoms with Crippen molar-refractivity contribution in [2.75, 3.05) is 38.0 Å². The Bertz CT molecular complexity index is 1360. The molecule has 2 heterocycles. The highest BCUT2D eigenvalue weighted by atomic mass is 16.7. The van der Waals surface area contributed by atoms with Crippen molar-refractivity contribution in [1.82, 2.24) is 9.80 Å². The first-order valence-electron chi connectivity index (χ1n) is 16.1. The Labute approximate surface area is 265 Å². The van der Waals surface area contributed by atoms with Gasteiger partial charge in [0.25, 0.3) is 0 Å². The molecule has 0 saturated carbocycles. The normalized spacial score (nSPS) is 21.0. The number of aliphatic carboxylic acids is 1. The first-order valence-corrected chi connectivity index (χ1v) is 16.1. The van der Waals surface area contributed by atoms with Crippen molar-refractivity contribution in [2.45, 2.75) is 70.2 Å². The van der Waals surface area contributed by atoms with Gasteiger partial charge in [0.05, 0.1) is 18.8 Å². The van der Waals surface area contributed by atoms with Gasteiger partial charge in [0.15, 0.2) is 6.29 Å². The number of aliphatic hydroxyl groups is 1. The third kappa shape index (κ3) is 10.2. The van der Waals surface area contributed by atoms with Crippen molar-refractivity contribution in [1.29, 1.82) is 0 Å². The molecule has 3 N–H and O–H groups in total. The topological polar surface area (TPSA) is 112 Å². The van der Waals surface area contributed by atoms with Gasteiger partial charge in [0, 0.05) is 69.8 Å². The average Bonchev–Trinajstić information content (AvgIpc) is 3.06. The Morgan fingerprint density at radius 2 is 1.51 bits per heavy atom. The van der Waals surface area contributed by atoms with Crippen molar-refractivity contribution in [2.24, 2.45) is 0 Å². The van der Waals surface area contributed by atoms with Gasteiger partial charge in [-0.1, -0.05) is 73.2 Å². The lowest BCUT2D eigenvalue weighted by atomic mass is 9.99. The second-order valence-electron chi connectivity index (χ2n) is 12.0. The van der Waals surface area contributed by atoms with Crippen LogP contribution in [0.15, 0.2) is 78.9 Å². The maximum atomic E-state index is 12.6. The number of carboxylic acid groups (broad SMARTS) is 1. The first kappa shape index (κ1) is 32.8. The van der Waals surface area contributed by atoms with Crippen molar-refractivity contribution in [3.05, 3.63) is 101 Å². The van der Waals surface area contributed by atoms with E-state index in [1.165, 1.54) is 5.56 Å². The smallest absolute Gasteiger partial charge is 0.303 e. The number of hydrogen-bond donors (Lipinski definition) is 3. The van der Waals surface area contributed by atoms with Crippen molar-refractivity contribution >= 4 is 17.6 Å². The number of rotatable bonds is 14. The van der Waals surface area contributed by atoms with Crippen LogP contribution < -0.4 is 5.32 Å². The minimum absolute atomic E-state index is 0.00272. The second-order valence-corrected chi connectivity index (χ2v) is 12.0. The van der Waals surface area contributed by atoms with E-state index in [1.54, 1.807) is 0 Å². The van der Waals surface area contributed by atoms with Crippen LogP contribution in [0.2, 0.25) is 0 Å². The van der Waals surface area contributed by atoms with Gasteiger partial charge in [-0.25, -0.2) is 0 Å². The molecule has 2 aliphatic rings. The molecular weight excluding hydrogens is 570 g/mol. The van der Waals surface area contributed by atoms with E-state index in [-0.39, 0.29) is 31.1 Å². The molecule has 0 radical (unpaired) electrons. The zero-order valence-corrected chi connectivity index (χ0v) is 25.9. The zero-order chi connectivity index (χ0) is 31.4. The van der Waals surface area contributed by atoms with Gasteiger partial charge < -0.3 is 25.0 Å². The molecule has 0 spiro atoms. The number of hydrogen-bond acceptors (Lipinski definition) is 7. The lowest BCUT2D eigenvalue weighted by Gasteiger charge is -2.41. The molecule has 3 aromatic carbocycles. The van der Waals surface area contributed by atoms with E-state index in [2.05, 4.69) is 45.4 Å². The van der Waals surface area contributed by atoms with E-state index in [1.807, 2.05) is 48.5 Å². The molecule has 2 fully saturated rings. The summed E-state index contributed by atoms with van der Waals surface area (Å²) in [5.41, 5.74) is 4.76. The molecule has 3 atom stereocenters. The number of anilines is 1. The number of carbonyl (C=O) groups excluding carboxylic acids is 1. The summed E-state index contributed by atoms with van der Waals surface area (Å²) < 4.78 is 13.1. The van der Waals surface area contributed by atoms with E-state index in [9.17, 15) is 14.7 Å². The Kier molecular flexibility index (Phi) is 12.1. The predicted molar refractivity (Wildman–Crippen MR) is 172 cm³/mol. The highest BCUT2D eigenvalue weighted by Crippen LogP contribution is 2.38. The summed E-state index contributed by atoms with van der Waals surface area (Å²) in [5.74, 6) is -0.907. The summed E-state index contributed by atoms with van der Waals surface area (Å²) in [4.78, 5) is 28.3. The van der Waals surface area contributed by atoms with Gasteiger partial charge >= 0.3 is 5.97 Å². The van der Waals surface area contributed by atoms with E-state index in [0.717, 1.165) is 62.4 Å². The Morgan fingerprint density at radius 3 is 2.24 bits per heavy atom. The van der Waals surface area contributed by atoms with E-state index in [0.29, 0.717) is 31.4 Å². The first-order chi connectivity index (χ1) is 21.9. The zero-order valence-electron chi connectivity index (χ0n) is 25.9. The molecule has 5 rings (SSSR count). The molecular formula is C36H45N3O6. The van der Waals surface area contributed by atoms with Gasteiger partial charge in [-0.3, -0.25) is 19.4 Å². The molecule has 0 aliphatic carbocycles. The molecule has 240 valence electrons. The van der Waals surface area contributed by atoms with Crippen LogP contribution in [0, 0.1) is 0 Å². The molecule has 0 aromatic heterocycles. The minimum atomic E-state index is -0.809. The summed E-state index contributed by atoms with van der Waals surface area (Å²) in [6.45, 7) is 5.75. The van der Waals surface area contributed by atoms with Crippen molar-refractivity contribution in [3.8, 4) is 0 Å². The van der Waals surface area contributed by atoms with Crippen LogP contribution in [-0.4, -0.2) is 70.7 Å². The van der Waals surface area contributed by atoms with Crippen LogP contribution >= 0.6 is 0 Å². The molecule has 9 heteroatoms. The monoisotopic (exact) mass is 615 g/mol. The molecule has 2 aliphatic heterocycles. The molecule has 3 unspecified atom stereocenters.